The molecule has 0 aliphatic carbocycles. The van der Waals surface area contributed by atoms with Crippen molar-refractivity contribution in [1.29, 1.82) is 0 Å². The molecule has 0 aliphatic rings. The van der Waals surface area contributed by atoms with Crippen molar-refractivity contribution in [3.63, 3.8) is 0 Å². The molecule has 0 bridgehead atoms. The minimum absolute atomic E-state index is 1.11. The second kappa shape index (κ2) is 3.47. The first-order valence-electron chi connectivity index (χ1n) is 4.57. The molecule has 74 valence electrons. The first kappa shape index (κ1) is 9.12. The van der Waals surface area contributed by atoms with Crippen LogP contribution in [0, 0.1) is 0 Å². The SMILES string of the molecule is Brc1ccc(-c2csc3[nH]cc[n+]23)cc1. The van der Waals surface area contributed by atoms with E-state index in [4.69, 9.17) is 0 Å². The van der Waals surface area contributed by atoms with E-state index in [9.17, 15) is 0 Å². The zero-order valence-electron chi connectivity index (χ0n) is 7.77. The van der Waals surface area contributed by atoms with Crippen molar-refractivity contribution < 1.29 is 4.40 Å². The number of halogens is 1. The van der Waals surface area contributed by atoms with Crippen molar-refractivity contribution >= 4 is 32.2 Å². The van der Waals surface area contributed by atoms with Crippen LogP contribution in [-0.2, 0) is 0 Å². The number of nitrogens with one attached hydrogen (secondary N) is 1. The normalized spacial score (nSPS) is 11.0. The molecule has 2 heterocycles. The minimum Gasteiger partial charge on any atom is -0.234 e. The Balaban J connectivity index is 2.21. The fraction of sp³-hybridized carbons (Fsp3) is 0. The van der Waals surface area contributed by atoms with E-state index in [1.807, 2.05) is 12.4 Å². The van der Waals surface area contributed by atoms with Gasteiger partial charge in [0, 0.05) is 15.4 Å². The molecule has 0 aliphatic heterocycles. The third-order valence-electron chi connectivity index (χ3n) is 2.33. The van der Waals surface area contributed by atoms with Gasteiger partial charge in [-0.15, -0.1) is 0 Å². The van der Waals surface area contributed by atoms with Gasteiger partial charge in [0.05, 0.1) is 0 Å². The van der Waals surface area contributed by atoms with Gasteiger partial charge in [0.2, 0.25) is 0 Å². The number of H-pyrrole nitrogens is 1. The minimum atomic E-state index is 1.11. The van der Waals surface area contributed by atoms with E-state index in [1.165, 1.54) is 11.3 Å². The van der Waals surface area contributed by atoms with Gasteiger partial charge in [-0.05, 0) is 24.3 Å². The predicted molar refractivity (Wildman–Crippen MR) is 65.0 cm³/mol. The molecule has 0 unspecified atom stereocenters. The molecule has 0 atom stereocenters. The Kier molecular flexibility index (Phi) is 2.11. The molecule has 2 nitrogen and oxygen atoms in total. The van der Waals surface area contributed by atoms with Crippen LogP contribution in [0.1, 0.15) is 0 Å². The molecule has 0 amide bonds. The van der Waals surface area contributed by atoms with Gasteiger partial charge in [-0.25, -0.2) is 4.98 Å². The highest BCUT2D eigenvalue weighted by atomic mass is 79.9. The summed E-state index contributed by atoms with van der Waals surface area (Å²) in [5.74, 6) is 0. The summed E-state index contributed by atoms with van der Waals surface area (Å²) in [5, 5.41) is 2.16. The summed E-state index contributed by atoms with van der Waals surface area (Å²) in [6, 6.07) is 8.36. The molecule has 0 spiro atoms. The first-order valence-corrected chi connectivity index (χ1v) is 6.24. The van der Waals surface area contributed by atoms with Gasteiger partial charge in [0.15, 0.2) is 5.69 Å². The highest BCUT2D eigenvalue weighted by Crippen LogP contribution is 2.21. The Bertz CT molecular complexity index is 594. The van der Waals surface area contributed by atoms with Gasteiger partial charge in [-0.3, -0.25) is 0 Å². The Morgan fingerprint density at radius 3 is 2.80 bits per heavy atom. The number of imidazole rings is 1. The van der Waals surface area contributed by atoms with E-state index in [0.717, 1.165) is 9.43 Å². The van der Waals surface area contributed by atoms with Gasteiger partial charge in [0.25, 0.3) is 0 Å². The highest BCUT2D eigenvalue weighted by Gasteiger charge is 2.12. The third-order valence-corrected chi connectivity index (χ3v) is 3.74. The topological polar surface area (TPSA) is 19.9 Å². The summed E-state index contributed by atoms with van der Waals surface area (Å²) < 4.78 is 3.27. The average molecular weight is 280 g/mol. The van der Waals surface area contributed by atoms with Crippen LogP contribution in [-0.4, -0.2) is 4.98 Å². The Morgan fingerprint density at radius 1 is 1.20 bits per heavy atom. The number of hydrogen-bond acceptors (Lipinski definition) is 1. The number of thiazole rings is 1. The van der Waals surface area contributed by atoms with Crippen LogP contribution in [0.15, 0.2) is 46.5 Å². The number of nitrogens with zero attached hydrogens (tertiary/aromatic N) is 1. The first-order chi connectivity index (χ1) is 7.34. The number of hydrogen-bond donors (Lipinski definition) is 1. The number of benzene rings is 1. The van der Waals surface area contributed by atoms with Crippen LogP contribution in [0.2, 0.25) is 0 Å². The van der Waals surface area contributed by atoms with E-state index in [-0.39, 0.29) is 0 Å². The summed E-state index contributed by atoms with van der Waals surface area (Å²) in [5.41, 5.74) is 2.46. The quantitative estimate of drug-likeness (QED) is 0.660. The Morgan fingerprint density at radius 2 is 2.00 bits per heavy atom. The molecular weight excluding hydrogens is 272 g/mol. The predicted octanol–water partition coefficient (Wildman–Crippen LogP) is 3.24. The molecule has 0 saturated carbocycles. The highest BCUT2D eigenvalue weighted by molar-refractivity contribution is 9.10. The molecule has 0 saturated heterocycles. The number of aromatic nitrogens is 2. The molecule has 3 aromatic rings. The van der Waals surface area contributed by atoms with Gasteiger partial charge in [-0.2, -0.15) is 4.40 Å². The third kappa shape index (κ3) is 1.50. The van der Waals surface area contributed by atoms with Gasteiger partial charge in [0.1, 0.15) is 12.4 Å². The molecule has 15 heavy (non-hydrogen) atoms. The monoisotopic (exact) mass is 279 g/mol. The molecular formula is C11H8BrN2S+. The molecule has 1 N–H and O–H groups in total. The second-order valence-corrected chi connectivity index (χ2v) is 5.04. The smallest absolute Gasteiger partial charge is 0.234 e. The summed E-state index contributed by atoms with van der Waals surface area (Å²) in [7, 11) is 0. The fourth-order valence-corrected chi connectivity index (χ4v) is 2.74. The van der Waals surface area contributed by atoms with Crippen LogP contribution >= 0.6 is 27.3 Å². The van der Waals surface area contributed by atoms with Gasteiger partial charge >= 0.3 is 4.96 Å². The Hall–Kier alpha value is -1.13. The maximum absolute atomic E-state index is 3.44. The lowest BCUT2D eigenvalue weighted by Gasteiger charge is -1.95. The van der Waals surface area contributed by atoms with E-state index in [0.29, 0.717) is 0 Å². The van der Waals surface area contributed by atoms with Crippen molar-refractivity contribution in [2.45, 2.75) is 0 Å². The summed E-state index contributed by atoms with van der Waals surface area (Å²) >= 11 is 5.16. The molecule has 1 aromatic carbocycles. The van der Waals surface area contributed by atoms with Crippen LogP contribution in [0.4, 0.5) is 0 Å². The molecule has 0 radical (unpaired) electrons. The zero-order valence-corrected chi connectivity index (χ0v) is 10.2. The average Bonchev–Trinajstić information content (AvgIpc) is 2.80. The number of fused-ring (bicyclic) bond motifs is 1. The standard InChI is InChI=1S/C11H7BrN2S/c12-9-3-1-8(2-4-9)10-7-15-11-13-5-6-14(10)11/h1-7H/p+1. The van der Waals surface area contributed by atoms with Crippen LogP contribution in [0.3, 0.4) is 0 Å². The largest absolute Gasteiger partial charge is 0.343 e. The van der Waals surface area contributed by atoms with Crippen LogP contribution < -0.4 is 4.40 Å². The van der Waals surface area contributed by atoms with Crippen LogP contribution in [0.25, 0.3) is 16.2 Å². The van der Waals surface area contributed by atoms with Gasteiger partial charge < -0.3 is 0 Å². The number of rotatable bonds is 1. The van der Waals surface area contributed by atoms with Crippen LogP contribution in [0.5, 0.6) is 0 Å². The molecule has 0 fully saturated rings. The summed E-state index contributed by atoms with van der Waals surface area (Å²) in [4.78, 5) is 4.35. The maximum Gasteiger partial charge on any atom is 0.343 e. The Labute approximate surface area is 99.3 Å². The molecule has 4 heteroatoms. The van der Waals surface area contributed by atoms with Gasteiger partial charge in [-0.1, -0.05) is 27.3 Å². The van der Waals surface area contributed by atoms with Crippen molar-refractivity contribution in [2.24, 2.45) is 0 Å². The molecule has 2 aromatic heterocycles. The van der Waals surface area contributed by atoms with Crippen molar-refractivity contribution in [2.75, 3.05) is 0 Å². The van der Waals surface area contributed by atoms with E-state index >= 15 is 0 Å². The van der Waals surface area contributed by atoms with E-state index in [2.05, 4.69) is 55.0 Å². The van der Waals surface area contributed by atoms with E-state index < -0.39 is 0 Å². The lowest BCUT2D eigenvalue weighted by molar-refractivity contribution is -0.493. The lowest BCUT2D eigenvalue weighted by Crippen LogP contribution is -2.17. The van der Waals surface area contributed by atoms with Crippen molar-refractivity contribution in [1.82, 2.24) is 4.98 Å². The van der Waals surface area contributed by atoms with E-state index in [1.54, 1.807) is 11.3 Å². The van der Waals surface area contributed by atoms with Crippen molar-refractivity contribution in [3.05, 3.63) is 46.5 Å². The number of aromatic amines is 1. The maximum atomic E-state index is 3.44. The molecule has 3 rings (SSSR count). The zero-order chi connectivity index (χ0) is 10.3. The second-order valence-electron chi connectivity index (χ2n) is 3.26. The summed E-state index contributed by atoms with van der Waals surface area (Å²) in [6.07, 6.45) is 4.00. The lowest BCUT2D eigenvalue weighted by atomic mass is 10.2. The fourth-order valence-electron chi connectivity index (χ4n) is 1.60. The summed E-state index contributed by atoms with van der Waals surface area (Å²) in [6.45, 7) is 0. The van der Waals surface area contributed by atoms with Crippen molar-refractivity contribution in [3.8, 4) is 11.3 Å².